The van der Waals surface area contributed by atoms with Gasteiger partial charge >= 0.3 is 0 Å². The SMILES string of the molecule is CC(Sc1nc2c(cnn2-c2ccccc2)c(=O)[nH]1)C(=O)NCc1ccco1. The molecule has 28 heavy (non-hydrogen) atoms. The predicted molar refractivity (Wildman–Crippen MR) is 105 cm³/mol. The van der Waals surface area contributed by atoms with Crippen LogP contribution in [0.3, 0.4) is 0 Å². The van der Waals surface area contributed by atoms with Crippen molar-refractivity contribution in [1.82, 2.24) is 25.1 Å². The van der Waals surface area contributed by atoms with E-state index in [2.05, 4.69) is 20.4 Å². The second kappa shape index (κ2) is 7.73. The number of H-pyrrole nitrogens is 1. The number of amides is 1. The van der Waals surface area contributed by atoms with E-state index in [0.29, 0.717) is 28.5 Å². The molecule has 0 fully saturated rings. The minimum absolute atomic E-state index is 0.180. The highest BCUT2D eigenvalue weighted by molar-refractivity contribution is 8.00. The lowest BCUT2D eigenvalue weighted by Crippen LogP contribution is -2.30. The van der Waals surface area contributed by atoms with E-state index < -0.39 is 5.25 Å². The van der Waals surface area contributed by atoms with E-state index in [1.165, 1.54) is 18.0 Å². The number of rotatable bonds is 6. The van der Waals surface area contributed by atoms with Crippen LogP contribution in [0, 0.1) is 0 Å². The van der Waals surface area contributed by atoms with Gasteiger partial charge in [-0.2, -0.15) is 5.10 Å². The van der Waals surface area contributed by atoms with Crippen LogP contribution in [0.2, 0.25) is 0 Å². The van der Waals surface area contributed by atoms with E-state index in [0.717, 1.165) is 5.69 Å². The van der Waals surface area contributed by atoms with Gasteiger partial charge in [-0.25, -0.2) is 9.67 Å². The average Bonchev–Trinajstić information content (AvgIpc) is 3.36. The largest absolute Gasteiger partial charge is 0.467 e. The summed E-state index contributed by atoms with van der Waals surface area (Å²) in [7, 11) is 0. The topological polar surface area (TPSA) is 106 Å². The molecular formula is C19H17N5O3S. The first-order valence-corrected chi connectivity index (χ1v) is 9.50. The number of benzene rings is 1. The first-order chi connectivity index (χ1) is 13.6. The van der Waals surface area contributed by atoms with Crippen molar-refractivity contribution in [2.75, 3.05) is 0 Å². The van der Waals surface area contributed by atoms with Crippen molar-refractivity contribution in [3.05, 3.63) is 71.0 Å². The molecule has 8 nitrogen and oxygen atoms in total. The number of carbonyl (C=O) groups is 1. The van der Waals surface area contributed by atoms with Crippen LogP contribution < -0.4 is 10.9 Å². The molecule has 0 aliphatic rings. The molecule has 142 valence electrons. The zero-order valence-corrected chi connectivity index (χ0v) is 15.8. The quantitative estimate of drug-likeness (QED) is 0.384. The van der Waals surface area contributed by atoms with Gasteiger partial charge < -0.3 is 14.7 Å². The summed E-state index contributed by atoms with van der Waals surface area (Å²) in [5.74, 6) is 0.492. The van der Waals surface area contributed by atoms with Crippen molar-refractivity contribution >= 4 is 28.7 Å². The number of nitrogens with one attached hydrogen (secondary N) is 2. The lowest BCUT2D eigenvalue weighted by molar-refractivity contribution is -0.120. The molecule has 1 unspecified atom stereocenters. The maximum atomic E-state index is 12.4. The third-order valence-corrected chi connectivity index (χ3v) is 5.08. The molecule has 0 radical (unpaired) electrons. The first kappa shape index (κ1) is 18.1. The van der Waals surface area contributed by atoms with Gasteiger partial charge in [0.1, 0.15) is 11.1 Å². The van der Waals surface area contributed by atoms with Crippen molar-refractivity contribution in [3.63, 3.8) is 0 Å². The van der Waals surface area contributed by atoms with Gasteiger partial charge in [-0.1, -0.05) is 30.0 Å². The van der Waals surface area contributed by atoms with Gasteiger partial charge in [0.05, 0.1) is 29.9 Å². The average molecular weight is 395 g/mol. The summed E-state index contributed by atoms with van der Waals surface area (Å²) in [6, 6.07) is 13.0. The fourth-order valence-electron chi connectivity index (χ4n) is 2.66. The van der Waals surface area contributed by atoms with Crippen LogP contribution >= 0.6 is 11.8 Å². The number of thioether (sulfide) groups is 1. The number of hydrogen-bond acceptors (Lipinski definition) is 6. The molecule has 0 aliphatic heterocycles. The molecule has 1 atom stereocenters. The second-order valence-corrected chi connectivity index (χ2v) is 7.39. The minimum Gasteiger partial charge on any atom is -0.467 e. The minimum atomic E-state index is -0.455. The van der Waals surface area contributed by atoms with Crippen LogP contribution in [0.25, 0.3) is 16.7 Å². The van der Waals surface area contributed by atoms with E-state index in [9.17, 15) is 9.59 Å². The van der Waals surface area contributed by atoms with Crippen LogP contribution in [0.4, 0.5) is 0 Å². The van der Waals surface area contributed by atoms with Gasteiger partial charge in [0.15, 0.2) is 10.8 Å². The van der Waals surface area contributed by atoms with E-state index in [1.54, 1.807) is 30.0 Å². The third-order valence-electron chi connectivity index (χ3n) is 4.09. The monoisotopic (exact) mass is 395 g/mol. The Morgan fingerprint density at radius 1 is 1.29 bits per heavy atom. The number of fused-ring (bicyclic) bond motifs is 1. The molecule has 0 bridgehead atoms. The standard InChI is InChI=1S/C19H17N5O3S/c1-12(17(25)20-10-14-8-5-9-27-14)28-19-22-16-15(18(26)23-19)11-21-24(16)13-6-3-2-4-7-13/h2-9,11-12H,10H2,1H3,(H,20,25)(H,22,23,26). The highest BCUT2D eigenvalue weighted by atomic mass is 32.2. The fourth-order valence-corrected chi connectivity index (χ4v) is 3.48. The molecule has 4 rings (SSSR count). The molecule has 3 aromatic heterocycles. The Morgan fingerprint density at radius 3 is 2.86 bits per heavy atom. The van der Waals surface area contributed by atoms with Crippen molar-refractivity contribution < 1.29 is 9.21 Å². The van der Waals surface area contributed by atoms with Gasteiger partial charge in [0.2, 0.25) is 5.91 Å². The van der Waals surface area contributed by atoms with Crippen molar-refractivity contribution in [2.45, 2.75) is 23.9 Å². The Hall–Kier alpha value is -3.33. The smallest absolute Gasteiger partial charge is 0.262 e. The van der Waals surface area contributed by atoms with Crippen molar-refractivity contribution in [2.24, 2.45) is 0 Å². The molecule has 3 heterocycles. The number of hydrogen-bond donors (Lipinski definition) is 2. The molecule has 0 saturated carbocycles. The van der Waals surface area contributed by atoms with Gasteiger partial charge in [0.25, 0.3) is 5.56 Å². The molecule has 0 aliphatic carbocycles. The number of nitrogens with zero attached hydrogens (tertiary/aromatic N) is 3. The maximum Gasteiger partial charge on any atom is 0.262 e. The van der Waals surface area contributed by atoms with E-state index >= 15 is 0 Å². The van der Waals surface area contributed by atoms with Crippen LogP contribution in [-0.4, -0.2) is 30.9 Å². The number of para-hydroxylation sites is 1. The third kappa shape index (κ3) is 3.70. The summed E-state index contributed by atoms with van der Waals surface area (Å²) >= 11 is 1.17. The van der Waals surface area contributed by atoms with E-state index in [-0.39, 0.29) is 11.5 Å². The lowest BCUT2D eigenvalue weighted by atomic mass is 10.3. The van der Waals surface area contributed by atoms with Gasteiger partial charge in [-0.3, -0.25) is 9.59 Å². The summed E-state index contributed by atoms with van der Waals surface area (Å²) in [4.78, 5) is 31.9. The highest BCUT2D eigenvalue weighted by Gasteiger charge is 2.18. The number of aromatic amines is 1. The van der Waals surface area contributed by atoms with Gasteiger partial charge in [-0.15, -0.1) is 0 Å². The Bertz CT molecular complexity index is 1150. The second-order valence-electron chi connectivity index (χ2n) is 6.06. The predicted octanol–water partition coefficient (Wildman–Crippen LogP) is 2.50. The number of aromatic nitrogens is 4. The summed E-state index contributed by atoms with van der Waals surface area (Å²) < 4.78 is 6.81. The lowest BCUT2D eigenvalue weighted by Gasteiger charge is -2.11. The Kier molecular flexibility index (Phi) is 4.98. The highest BCUT2D eigenvalue weighted by Crippen LogP contribution is 2.21. The zero-order valence-electron chi connectivity index (χ0n) is 15.0. The fraction of sp³-hybridized carbons (Fsp3) is 0.158. The van der Waals surface area contributed by atoms with E-state index in [4.69, 9.17) is 4.42 Å². The van der Waals surface area contributed by atoms with Crippen LogP contribution in [0.1, 0.15) is 12.7 Å². The Morgan fingerprint density at radius 2 is 2.11 bits per heavy atom. The maximum absolute atomic E-state index is 12.4. The Balaban J connectivity index is 1.55. The molecule has 9 heteroatoms. The van der Waals surface area contributed by atoms with Crippen molar-refractivity contribution in [1.29, 1.82) is 0 Å². The van der Waals surface area contributed by atoms with Gasteiger partial charge in [0, 0.05) is 0 Å². The van der Waals surface area contributed by atoms with Gasteiger partial charge in [-0.05, 0) is 31.2 Å². The molecule has 0 spiro atoms. The molecule has 2 N–H and O–H groups in total. The first-order valence-electron chi connectivity index (χ1n) is 8.62. The van der Waals surface area contributed by atoms with Crippen LogP contribution in [-0.2, 0) is 11.3 Å². The van der Waals surface area contributed by atoms with Crippen LogP contribution in [0.15, 0.2) is 69.3 Å². The summed E-state index contributed by atoms with van der Waals surface area (Å²) in [6.45, 7) is 2.06. The van der Waals surface area contributed by atoms with Crippen LogP contribution in [0.5, 0.6) is 0 Å². The summed E-state index contributed by atoms with van der Waals surface area (Å²) in [5.41, 5.74) is 0.953. The zero-order chi connectivity index (χ0) is 19.5. The molecule has 4 aromatic rings. The molecular weight excluding hydrogens is 378 g/mol. The molecule has 0 saturated heterocycles. The summed E-state index contributed by atoms with van der Waals surface area (Å²) in [5, 5.41) is 7.37. The summed E-state index contributed by atoms with van der Waals surface area (Å²) in [6.07, 6.45) is 3.04. The molecule has 1 amide bonds. The van der Waals surface area contributed by atoms with E-state index in [1.807, 2.05) is 30.3 Å². The molecule has 1 aromatic carbocycles. The number of carbonyl (C=O) groups excluding carboxylic acids is 1. The normalized spacial score (nSPS) is 12.2. The number of furan rings is 1. The Labute approximate surface area is 164 Å². The van der Waals surface area contributed by atoms with Crippen molar-refractivity contribution in [3.8, 4) is 5.69 Å².